The Morgan fingerprint density at radius 2 is 2.17 bits per heavy atom. The molecule has 0 spiro atoms. The molecule has 1 aromatic carbocycles. The van der Waals surface area contributed by atoms with E-state index in [1.165, 1.54) is 12.8 Å². The van der Waals surface area contributed by atoms with E-state index in [0.717, 1.165) is 18.8 Å². The van der Waals surface area contributed by atoms with Crippen LogP contribution in [0.3, 0.4) is 0 Å². The quantitative estimate of drug-likeness (QED) is 0.855. The Kier molecular flexibility index (Phi) is 4.41. The van der Waals surface area contributed by atoms with E-state index in [2.05, 4.69) is 10.2 Å². The zero-order valence-electron chi connectivity index (χ0n) is 10.3. The van der Waals surface area contributed by atoms with Crippen LogP contribution >= 0.6 is 0 Å². The first-order valence-corrected chi connectivity index (χ1v) is 6.19. The molecule has 18 heavy (non-hydrogen) atoms. The fraction of sp³-hybridized carbons (Fsp3) is 0.462. The van der Waals surface area contributed by atoms with Gasteiger partial charge in [-0.05, 0) is 31.0 Å². The topological polar surface area (TPSA) is 61.8 Å². The Labute approximate surface area is 106 Å². The highest BCUT2D eigenvalue weighted by molar-refractivity contribution is 5.85. The van der Waals surface area contributed by atoms with Crippen molar-refractivity contribution in [2.24, 2.45) is 0 Å². The summed E-state index contributed by atoms with van der Waals surface area (Å²) in [7, 11) is 0. The third-order valence-corrected chi connectivity index (χ3v) is 2.89. The standard InChI is InChI=1S/C13H18N2O3/c16-8-9-18-13(17)14-11-4-3-5-12(10-11)15-6-1-2-7-15/h3-5,10,16H,1-2,6-9H2,(H,14,17). The van der Waals surface area contributed by atoms with Gasteiger partial charge in [-0.2, -0.15) is 0 Å². The smallest absolute Gasteiger partial charge is 0.411 e. The third kappa shape index (κ3) is 3.37. The minimum Gasteiger partial charge on any atom is -0.447 e. The number of amides is 1. The van der Waals surface area contributed by atoms with Crippen molar-refractivity contribution < 1.29 is 14.6 Å². The molecule has 1 aliphatic rings. The average Bonchev–Trinajstić information content (AvgIpc) is 2.90. The monoisotopic (exact) mass is 250 g/mol. The second-order valence-electron chi connectivity index (χ2n) is 4.23. The van der Waals surface area contributed by atoms with Crippen LogP contribution in [0.4, 0.5) is 16.2 Å². The molecular formula is C13H18N2O3. The van der Waals surface area contributed by atoms with Gasteiger partial charge in [-0.15, -0.1) is 0 Å². The van der Waals surface area contributed by atoms with Crippen LogP contribution in [0.15, 0.2) is 24.3 Å². The number of benzene rings is 1. The van der Waals surface area contributed by atoms with Gasteiger partial charge in [0.05, 0.1) is 6.61 Å². The van der Waals surface area contributed by atoms with Gasteiger partial charge < -0.3 is 14.7 Å². The maximum absolute atomic E-state index is 11.3. The van der Waals surface area contributed by atoms with E-state index >= 15 is 0 Å². The van der Waals surface area contributed by atoms with Gasteiger partial charge in [0.25, 0.3) is 0 Å². The van der Waals surface area contributed by atoms with Gasteiger partial charge in [0, 0.05) is 24.5 Å². The molecule has 1 fully saturated rings. The Hall–Kier alpha value is -1.75. The van der Waals surface area contributed by atoms with E-state index in [1.807, 2.05) is 24.3 Å². The number of carbonyl (C=O) groups excluding carboxylic acids is 1. The minimum absolute atomic E-state index is 0.0116. The van der Waals surface area contributed by atoms with Crippen LogP contribution in [0.1, 0.15) is 12.8 Å². The maximum atomic E-state index is 11.3. The van der Waals surface area contributed by atoms with Gasteiger partial charge >= 0.3 is 6.09 Å². The molecule has 0 aromatic heterocycles. The summed E-state index contributed by atoms with van der Waals surface area (Å²) in [6.07, 6.45) is 1.90. The number of rotatable bonds is 4. The summed E-state index contributed by atoms with van der Waals surface area (Å²) in [6.45, 7) is 1.98. The highest BCUT2D eigenvalue weighted by Gasteiger charge is 2.12. The summed E-state index contributed by atoms with van der Waals surface area (Å²) in [5, 5.41) is 11.2. The highest BCUT2D eigenvalue weighted by atomic mass is 16.6. The Morgan fingerprint density at radius 3 is 2.89 bits per heavy atom. The SMILES string of the molecule is O=C(Nc1cccc(N2CCCC2)c1)OCCO. The van der Waals surface area contributed by atoms with Gasteiger partial charge in [0.15, 0.2) is 0 Å². The van der Waals surface area contributed by atoms with Crippen molar-refractivity contribution in [3.63, 3.8) is 0 Å². The second-order valence-corrected chi connectivity index (χ2v) is 4.23. The number of hydrogen-bond acceptors (Lipinski definition) is 4. The molecule has 1 aromatic rings. The number of ether oxygens (including phenoxy) is 1. The van der Waals surface area contributed by atoms with Crippen molar-refractivity contribution in [2.45, 2.75) is 12.8 Å². The average molecular weight is 250 g/mol. The predicted octanol–water partition coefficient (Wildman–Crippen LogP) is 1.83. The number of nitrogens with one attached hydrogen (secondary N) is 1. The first-order valence-electron chi connectivity index (χ1n) is 6.19. The molecule has 0 saturated carbocycles. The fourth-order valence-corrected chi connectivity index (χ4v) is 2.05. The largest absolute Gasteiger partial charge is 0.447 e. The molecule has 1 amide bonds. The van der Waals surface area contributed by atoms with Crippen LogP contribution in [0.2, 0.25) is 0 Å². The van der Waals surface area contributed by atoms with Gasteiger partial charge in [0.2, 0.25) is 0 Å². The predicted molar refractivity (Wildman–Crippen MR) is 69.9 cm³/mol. The van der Waals surface area contributed by atoms with Crippen molar-refractivity contribution in [2.75, 3.05) is 36.5 Å². The zero-order valence-corrected chi connectivity index (χ0v) is 10.3. The first-order chi connectivity index (χ1) is 8.79. The summed E-state index contributed by atoms with van der Waals surface area (Å²) in [6, 6.07) is 7.70. The van der Waals surface area contributed by atoms with Crippen molar-refractivity contribution >= 4 is 17.5 Å². The van der Waals surface area contributed by atoms with Crippen molar-refractivity contribution in [3.05, 3.63) is 24.3 Å². The van der Waals surface area contributed by atoms with Crippen LogP contribution in [-0.2, 0) is 4.74 Å². The minimum atomic E-state index is -0.539. The van der Waals surface area contributed by atoms with Crippen molar-refractivity contribution in [1.29, 1.82) is 0 Å². The number of nitrogens with zero attached hydrogens (tertiary/aromatic N) is 1. The molecule has 1 aliphatic heterocycles. The van der Waals surface area contributed by atoms with E-state index in [0.29, 0.717) is 5.69 Å². The van der Waals surface area contributed by atoms with Crippen LogP contribution in [0.5, 0.6) is 0 Å². The lowest BCUT2D eigenvalue weighted by atomic mass is 10.2. The van der Waals surface area contributed by atoms with Crippen LogP contribution < -0.4 is 10.2 Å². The summed E-state index contributed by atoms with van der Waals surface area (Å²) in [5.74, 6) is 0. The van der Waals surface area contributed by atoms with E-state index in [9.17, 15) is 4.79 Å². The lowest BCUT2D eigenvalue weighted by Gasteiger charge is -2.18. The van der Waals surface area contributed by atoms with E-state index in [4.69, 9.17) is 9.84 Å². The molecular weight excluding hydrogens is 232 g/mol. The van der Waals surface area contributed by atoms with Crippen LogP contribution in [-0.4, -0.2) is 37.5 Å². The molecule has 1 saturated heterocycles. The number of aliphatic hydroxyl groups excluding tert-OH is 1. The van der Waals surface area contributed by atoms with Gasteiger partial charge in [-0.25, -0.2) is 4.79 Å². The molecule has 0 atom stereocenters. The van der Waals surface area contributed by atoms with Crippen LogP contribution in [0, 0.1) is 0 Å². The number of aliphatic hydroxyl groups is 1. The lowest BCUT2D eigenvalue weighted by Crippen LogP contribution is -2.19. The maximum Gasteiger partial charge on any atom is 0.411 e. The molecule has 0 radical (unpaired) electrons. The molecule has 1 heterocycles. The van der Waals surface area contributed by atoms with Gasteiger partial charge in [-0.1, -0.05) is 6.07 Å². The molecule has 2 rings (SSSR count). The molecule has 0 unspecified atom stereocenters. The summed E-state index contributed by atoms with van der Waals surface area (Å²) in [4.78, 5) is 13.6. The molecule has 98 valence electrons. The summed E-state index contributed by atoms with van der Waals surface area (Å²) in [5.41, 5.74) is 1.83. The highest BCUT2D eigenvalue weighted by Crippen LogP contribution is 2.23. The number of anilines is 2. The summed E-state index contributed by atoms with van der Waals surface area (Å²) < 4.78 is 4.75. The molecule has 5 nitrogen and oxygen atoms in total. The van der Waals surface area contributed by atoms with Gasteiger partial charge in [0.1, 0.15) is 6.61 Å². The van der Waals surface area contributed by atoms with E-state index < -0.39 is 6.09 Å². The third-order valence-electron chi connectivity index (χ3n) is 2.89. The van der Waals surface area contributed by atoms with Crippen molar-refractivity contribution in [1.82, 2.24) is 0 Å². The second kappa shape index (κ2) is 6.26. The van der Waals surface area contributed by atoms with Gasteiger partial charge in [-0.3, -0.25) is 5.32 Å². The van der Waals surface area contributed by atoms with E-state index in [-0.39, 0.29) is 13.2 Å². The van der Waals surface area contributed by atoms with Crippen LogP contribution in [0.25, 0.3) is 0 Å². The number of carbonyl (C=O) groups is 1. The lowest BCUT2D eigenvalue weighted by molar-refractivity contribution is 0.131. The first kappa shape index (κ1) is 12.7. The normalized spacial score (nSPS) is 14.6. The Balaban J connectivity index is 1.96. The fourth-order valence-electron chi connectivity index (χ4n) is 2.05. The molecule has 0 bridgehead atoms. The summed E-state index contributed by atoms with van der Waals surface area (Å²) >= 11 is 0. The van der Waals surface area contributed by atoms with E-state index in [1.54, 1.807) is 0 Å². The zero-order chi connectivity index (χ0) is 12.8. The molecule has 5 heteroatoms. The van der Waals surface area contributed by atoms with Crippen molar-refractivity contribution in [3.8, 4) is 0 Å². The Bertz CT molecular complexity index is 403. The molecule has 0 aliphatic carbocycles. The number of hydrogen-bond donors (Lipinski definition) is 2. The Morgan fingerprint density at radius 1 is 1.39 bits per heavy atom. The molecule has 2 N–H and O–H groups in total.